The molecule has 0 aliphatic rings. The summed E-state index contributed by atoms with van der Waals surface area (Å²) in [4.78, 5) is 15.2. The number of nitrogens with two attached hydrogens (primary N) is 1. The van der Waals surface area contributed by atoms with Crippen LogP contribution in [0.5, 0.6) is 0 Å². The Kier molecular flexibility index (Phi) is 3.35. The molecular formula is C11H10F3N5O. The highest BCUT2D eigenvalue weighted by atomic mass is 19.4. The quantitative estimate of drug-likeness (QED) is 0.785. The molecule has 0 spiro atoms. The maximum absolute atomic E-state index is 12.4. The van der Waals surface area contributed by atoms with Crippen molar-refractivity contribution in [2.75, 3.05) is 11.1 Å². The molecular weight excluding hydrogens is 275 g/mol. The minimum Gasteiger partial charge on any atom is -0.394 e. The van der Waals surface area contributed by atoms with Gasteiger partial charge in [-0.05, 0) is 19.1 Å². The molecule has 0 aromatic carbocycles. The number of nitrogens with zero attached hydrogens (tertiary/aromatic N) is 2. The molecule has 2 rings (SSSR count). The molecule has 106 valence electrons. The van der Waals surface area contributed by atoms with Gasteiger partial charge in [0.25, 0.3) is 5.91 Å². The zero-order chi connectivity index (χ0) is 14.9. The predicted molar refractivity (Wildman–Crippen MR) is 64.9 cm³/mol. The number of hydrogen-bond acceptors (Lipinski definition) is 4. The second-order valence-corrected chi connectivity index (χ2v) is 3.99. The van der Waals surface area contributed by atoms with E-state index in [1.165, 1.54) is 0 Å². The lowest BCUT2D eigenvalue weighted by Crippen LogP contribution is -2.16. The fraction of sp³-hybridized carbons (Fsp3) is 0.182. The third kappa shape index (κ3) is 2.71. The zero-order valence-corrected chi connectivity index (χ0v) is 10.2. The summed E-state index contributed by atoms with van der Waals surface area (Å²) in [5.41, 5.74) is 5.36. The van der Waals surface area contributed by atoms with Crippen LogP contribution < -0.4 is 11.1 Å². The second kappa shape index (κ2) is 4.83. The summed E-state index contributed by atoms with van der Waals surface area (Å²) in [5, 5.41) is 8.67. The first-order chi connectivity index (χ1) is 9.29. The van der Waals surface area contributed by atoms with Gasteiger partial charge in [-0.2, -0.15) is 18.3 Å². The minimum absolute atomic E-state index is 0.106. The van der Waals surface area contributed by atoms with Crippen molar-refractivity contribution in [3.05, 3.63) is 35.3 Å². The van der Waals surface area contributed by atoms with Crippen molar-refractivity contribution in [1.82, 2.24) is 15.2 Å². The zero-order valence-electron chi connectivity index (χ0n) is 10.2. The van der Waals surface area contributed by atoms with Crippen molar-refractivity contribution in [3.8, 4) is 0 Å². The summed E-state index contributed by atoms with van der Waals surface area (Å²) in [6, 6.07) is 1.76. The average molecular weight is 285 g/mol. The SMILES string of the molecule is Cc1[nH]nc(NC(=O)c2ccc(C(F)(F)F)cn2)c1N. The monoisotopic (exact) mass is 285 g/mol. The molecule has 0 radical (unpaired) electrons. The first-order valence-corrected chi connectivity index (χ1v) is 5.44. The number of nitrogen functional groups attached to an aromatic ring is 1. The van der Waals surface area contributed by atoms with Gasteiger partial charge in [-0.3, -0.25) is 14.9 Å². The lowest BCUT2D eigenvalue weighted by molar-refractivity contribution is -0.137. The lowest BCUT2D eigenvalue weighted by Gasteiger charge is -2.06. The molecule has 0 aliphatic heterocycles. The smallest absolute Gasteiger partial charge is 0.394 e. The number of hydrogen-bond donors (Lipinski definition) is 3. The van der Waals surface area contributed by atoms with Gasteiger partial charge in [-0.25, -0.2) is 0 Å². The Hall–Kier alpha value is -2.58. The molecule has 20 heavy (non-hydrogen) atoms. The number of carbonyl (C=O) groups is 1. The van der Waals surface area contributed by atoms with Crippen LogP contribution in [0.1, 0.15) is 21.7 Å². The van der Waals surface area contributed by atoms with Crippen LogP contribution in [0.3, 0.4) is 0 Å². The van der Waals surface area contributed by atoms with E-state index in [0.29, 0.717) is 11.9 Å². The lowest BCUT2D eigenvalue weighted by atomic mass is 10.2. The summed E-state index contributed by atoms with van der Waals surface area (Å²) in [6.07, 6.45) is -3.90. The summed E-state index contributed by atoms with van der Waals surface area (Å²) in [5.74, 6) is -0.592. The van der Waals surface area contributed by atoms with Crippen molar-refractivity contribution in [1.29, 1.82) is 0 Å². The van der Waals surface area contributed by atoms with Crippen molar-refractivity contribution in [2.45, 2.75) is 13.1 Å². The Morgan fingerprint density at radius 3 is 2.55 bits per heavy atom. The van der Waals surface area contributed by atoms with E-state index in [4.69, 9.17) is 5.73 Å². The number of alkyl halides is 3. The number of aromatic amines is 1. The highest BCUT2D eigenvalue weighted by Gasteiger charge is 2.31. The van der Waals surface area contributed by atoms with Crippen LogP contribution in [0.25, 0.3) is 0 Å². The number of aromatic nitrogens is 3. The van der Waals surface area contributed by atoms with Crippen molar-refractivity contribution in [2.24, 2.45) is 0 Å². The van der Waals surface area contributed by atoms with Crippen LogP contribution in [-0.4, -0.2) is 21.1 Å². The van der Waals surface area contributed by atoms with E-state index < -0.39 is 17.6 Å². The van der Waals surface area contributed by atoms with Gasteiger partial charge in [-0.1, -0.05) is 0 Å². The van der Waals surface area contributed by atoms with E-state index >= 15 is 0 Å². The number of H-pyrrole nitrogens is 1. The molecule has 2 aromatic heterocycles. The van der Waals surface area contributed by atoms with Crippen LogP contribution in [0, 0.1) is 6.92 Å². The number of anilines is 2. The van der Waals surface area contributed by atoms with Crippen molar-refractivity contribution < 1.29 is 18.0 Å². The summed E-state index contributed by atoms with van der Waals surface area (Å²) >= 11 is 0. The Labute approximate surface area is 111 Å². The predicted octanol–water partition coefficient (Wildman–Crippen LogP) is 1.97. The number of rotatable bonds is 2. The molecule has 1 amide bonds. The summed E-state index contributed by atoms with van der Waals surface area (Å²) < 4.78 is 37.1. The number of aryl methyl sites for hydroxylation is 1. The van der Waals surface area contributed by atoms with Gasteiger partial charge in [0, 0.05) is 6.20 Å². The van der Waals surface area contributed by atoms with Crippen molar-refractivity contribution in [3.63, 3.8) is 0 Å². The largest absolute Gasteiger partial charge is 0.417 e. The van der Waals surface area contributed by atoms with Gasteiger partial charge in [0.05, 0.1) is 16.9 Å². The standard InChI is InChI=1S/C11H10F3N5O/c1-5-8(15)9(19-18-5)17-10(20)7-3-2-6(4-16-7)11(12,13)14/h2-4H,15H2,1H3,(H2,17,18,19,20). The fourth-order valence-electron chi connectivity index (χ4n) is 1.40. The van der Waals surface area contributed by atoms with Crippen LogP contribution in [0.2, 0.25) is 0 Å². The van der Waals surface area contributed by atoms with E-state index in [9.17, 15) is 18.0 Å². The molecule has 2 heterocycles. The molecule has 9 heteroatoms. The summed E-state index contributed by atoms with van der Waals surface area (Å²) in [6.45, 7) is 1.66. The number of pyridine rings is 1. The average Bonchev–Trinajstić information content (AvgIpc) is 2.70. The maximum atomic E-state index is 12.4. The number of halogens is 3. The van der Waals surface area contributed by atoms with E-state index in [-0.39, 0.29) is 17.2 Å². The van der Waals surface area contributed by atoms with E-state index in [1.54, 1.807) is 6.92 Å². The van der Waals surface area contributed by atoms with Gasteiger partial charge in [0.15, 0.2) is 5.82 Å². The maximum Gasteiger partial charge on any atom is 0.417 e. The molecule has 0 saturated carbocycles. The Morgan fingerprint density at radius 2 is 2.10 bits per heavy atom. The molecule has 0 atom stereocenters. The summed E-state index contributed by atoms with van der Waals surface area (Å²) in [7, 11) is 0. The second-order valence-electron chi connectivity index (χ2n) is 3.99. The topological polar surface area (TPSA) is 96.7 Å². The van der Waals surface area contributed by atoms with Crippen LogP contribution >= 0.6 is 0 Å². The van der Waals surface area contributed by atoms with Crippen molar-refractivity contribution >= 4 is 17.4 Å². The molecule has 0 aliphatic carbocycles. The van der Waals surface area contributed by atoms with E-state index in [2.05, 4.69) is 20.5 Å². The third-order valence-electron chi connectivity index (χ3n) is 2.55. The Bertz CT molecular complexity index is 632. The first kappa shape index (κ1) is 13.8. The molecule has 4 N–H and O–H groups in total. The minimum atomic E-state index is -4.49. The highest BCUT2D eigenvalue weighted by Crippen LogP contribution is 2.28. The van der Waals surface area contributed by atoms with Crippen LogP contribution in [-0.2, 0) is 6.18 Å². The number of amides is 1. The molecule has 0 fully saturated rings. The van der Waals surface area contributed by atoms with E-state index in [0.717, 1.165) is 12.1 Å². The van der Waals surface area contributed by atoms with Gasteiger partial charge in [0.2, 0.25) is 0 Å². The van der Waals surface area contributed by atoms with Gasteiger partial charge < -0.3 is 11.1 Å². The first-order valence-electron chi connectivity index (χ1n) is 5.44. The fourth-order valence-corrected chi connectivity index (χ4v) is 1.40. The van der Waals surface area contributed by atoms with Crippen LogP contribution in [0.15, 0.2) is 18.3 Å². The highest BCUT2D eigenvalue weighted by molar-refractivity contribution is 6.03. The van der Waals surface area contributed by atoms with Gasteiger partial charge >= 0.3 is 6.18 Å². The van der Waals surface area contributed by atoms with Gasteiger partial charge in [0.1, 0.15) is 5.69 Å². The van der Waals surface area contributed by atoms with Gasteiger partial charge in [-0.15, -0.1) is 0 Å². The Morgan fingerprint density at radius 1 is 1.40 bits per heavy atom. The molecule has 2 aromatic rings. The Balaban J connectivity index is 2.16. The molecule has 6 nitrogen and oxygen atoms in total. The third-order valence-corrected chi connectivity index (χ3v) is 2.55. The number of carbonyl (C=O) groups excluding carboxylic acids is 1. The van der Waals surface area contributed by atoms with Crippen LogP contribution in [0.4, 0.5) is 24.7 Å². The molecule has 0 unspecified atom stereocenters. The normalized spacial score (nSPS) is 11.4. The number of nitrogens with one attached hydrogen (secondary N) is 2. The van der Waals surface area contributed by atoms with E-state index in [1.807, 2.05) is 0 Å². The molecule has 0 bridgehead atoms. The molecule has 0 saturated heterocycles.